The number of thiophene rings is 1. The van der Waals surface area contributed by atoms with E-state index < -0.39 is 23.5 Å². The minimum absolute atomic E-state index is 0.205. The monoisotopic (exact) mass is 353 g/mol. The van der Waals surface area contributed by atoms with Crippen LogP contribution in [0.5, 0.6) is 0 Å². The third kappa shape index (κ3) is 3.62. The molecule has 0 bridgehead atoms. The highest BCUT2D eigenvalue weighted by Gasteiger charge is 2.24. The molecular formula is C17H17F2NO3S. The Labute approximate surface area is 142 Å². The first-order valence-electron chi connectivity index (χ1n) is 7.44. The van der Waals surface area contributed by atoms with E-state index >= 15 is 0 Å². The summed E-state index contributed by atoms with van der Waals surface area (Å²) in [5.41, 5.74) is 0.779. The van der Waals surface area contributed by atoms with Crippen molar-refractivity contribution in [1.29, 1.82) is 0 Å². The van der Waals surface area contributed by atoms with E-state index in [1.807, 2.05) is 13.8 Å². The third-order valence-corrected chi connectivity index (χ3v) is 4.51. The van der Waals surface area contributed by atoms with Gasteiger partial charge in [-0.1, -0.05) is 6.92 Å². The number of halogens is 2. The first-order valence-corrected chi connectivity index (χ1v) is 8.26. The number of aryl methyl sites for hydroxylation is 1. The largest absolute Gasteiger partial charge is 0.462 e. The van der Waals surface area contributed by atoms with Crippen LogP contribution < -0.4 is 5.32 Å². The van der Waals surface area contributed by atoms with Gasteiger partial charge >= 0.3 is 5.97 Å². The average Bonchev–Trinajstić information content (AvgIpc) is 2.82. The van der Waals surface area contributed by atoms with Crippen molar-refractivity contribution >= 4 is 28.2 Å². The van der Waals surface area contributed by atoms with Gasteiger partial charge in [0.25, 0.3) is 5.91 Å². The van der Waals surface area contributed by atoms with E-state index in [4.69, 9.17) is 4.74 Å². The fourth-order valence-corrected chi connectivity index (χ4v) is 3.48. The van der Waals surface area contributed by atoms with Gasteiger partial charge < -0.3 is 10.1 Å². The van der Waals surface area contributed by atoms with Crippen LogP contribution in [0.15, 0.2) is 18.2 Å². The van der Waals surface area contributed by atoms with Crippen molar-refractivity contribution in [3.63, 3.8) is 0 Å². The highest BCUT2D eigenvalue weighted by molar-refractivity contribution is 7.16. The van der Waals surface area contributed by atoms with Gasteiger partial charge in [-0.3, -0.25) is 4.79 Å². The van der Waals surface area contributed by atoms with E-state index in [9.17, 15) is 18.4 Å². The summed E-state index contributed by atoms with van der Waals surface area (Å²) in [4.78, 5) is 25.3. The lowest BCUT2D eigenvalue weighted by molar-refractivity contribution is 0.0527. The maximum Gasteiger partial charge on any atom is 0.341 e. The molecule has 1 aromatic heterocycles. The number of ether oxygens (including phenoxy) is 1. The second kappa shape index (κ2) is 7.53. The number of anilines is 1. The van der Waals surface area contributed by atoms with Crippen LogP contribution in [0.2, 0.25) is 0 Å². The summed E-state index contributed by atoms with van der Waals surface area (Å²) in [5, 5.41) is 2.84. The molecule has 0 saturated heterocycles. The zero-order valence-electron chi connectivity index (χ0n) is 13.5. The quantitative estimate of drug-likeness (QED) is 0.814. The van der Waals surface area contributed by atoms with Crippen LogP contribution in [-0.4, -0.2) is 18.5 Å². The molecule has 0 atom stereocenters. The first-order chi connectivity index (χ1) is 11.4. The van der Waals surface area contributed by atoms with Crippen LogP contribution in [0.3, 0.4) is 0 Å². The van der Waals surface area contributed by atoms with E-state index in [-0.39, 0.29) is 17.7 Å². The van der Waals surface area contributed by atoms with Crippen LogP contribution in [0, 0.1) is 18.6 Å². The Morgan fingerprint density at radius 3 is 2.54 bits per heavy atom. The van der Waals surface area contributed by atoms with Crippen molar-refractivity contribution in [3.05, 3.63) is 51.4 Å². The summed E-state index contributed by atoms with van der Waals surface area (Å²) in [6.45, 7) is 5.62. The molecule has 24 heavy (non-hydrogen) atoms. The number of rotatable bonds is 5. The second-order valence-corrected chi connectivity index (χ2v) is 6.22. The molecule has 0 aliphatic heterocycles. The van der Waals surface area contributed by atoms with E-state index in [1.165, 1.54) is 11.3 Å². The van der Waals surface area contributed by atoms with Gasteiger partial charge in [-0.2, -0.15) is 0 Å². The van der Waals surface area contributed by atoms with Crippen molar-refractivity contribution < 1.29 is 23.1 Å². The van der Waals surface area contributed by atoms with E-state index in [1.54, 1.807) is 6.92 Å². The molecule has 4 nitrogen and oxygen atoms in total. The molecule has 0 aliphatic rings. The lowest BCUT2D eigenvalue weighted by Gasteiger charge is -2.08. The fourth-order valence-electron chi connectivity index (χ4n) is 2.36. The van der Waals surface area contributed by atoms with Gasteiger partial charge in [-0.05, 0) is 38.0 Å². The Hall–Kier alpha value is -2.28. The summed E-state index contributed by atoms with van der Waals surface area (Å²) in [7, 11) is 0. The van der Waals surface area contributed by atoms with Gasteiger partial charge in [0.05, 0.1) is 17.7 Å². The molecule has 0 fully saturated rings. The summed E-state index contributed by atoms with van der Waals surface area (Å²) in [6.07, 6.45) is 0.595. The molecule has 128 valence electrons. The Balaban J connectivity index is 2.38. The Morgan fingerprint density at radius 1 is 1.25 bits per heavy atom. The van der Waals surface area contributed by atoms with Crippen molar-refractivity contribution in [3.8, 4) is 0 Å². The van der Waals surface area contributed by atoms with Gasteiger partial charge in [0.1, 0.15) is 16.6 Å². The number of carbonyl (C=O) groups is 2. The lowest BCUT2D eigenvalue weighted by atomic mass is 10.1. The number of benzene rings is 1. The standard InChI is InChI=1S/C17H17F2NO3S/c1-4-11-9(3)24-16(14(11)17(22)23-5-2)20-15(21)12-7-6-10(18)8-13(12)19/h6-8H,4-5H2,1-3H3,(H,20,21). The van der Waals surface area contributed by atoms with Crippen LogP contribution in [0.1, 0.15) is 45.0 Å². The van der Waals surface area contributed by atoms with Gasteiger partial charge in [-0.25, -0.2) is 13.6 Å². The molecule has 1 N–H and O–H groups in total. The molecule has 0 saturated carbocycles. The maximum absolute atomic E-state index is 13.7. The molecule has 0 unspecified atom stereocenters. The predicted molar refractivity (Wildman–Crippen MR) is 88.7 cm³/mol. The SMILES string of the molecule is CCOC(=O)c1c(NC(=O)c2ccc(F)cc2F)sc(C)c1CC. The van der Waals surface area contributed by atoms with Crippen molar-refractivity contribution in [2.45, 2.75) is 27.2 Å². The Bertz CT molecular complexity index is 786. The number of esters is 1. The van der Waals surface area contributed by atoms with Gasteiger partial charge in [-0.15, -0.1) is 11.3 Å². The van der Waals surface area contributed by atoms with Crippen molar-refractivity contribution in [1.82, 2.24) is 0 Å². The van der Waals surface area contributed by atoms with E-state index in [2.05, 4.69) is 5.32 Å². The number of amides is 1. The molecule has 0 spiro atoms. The third-order valence-electron chi connectivity index (χ3n) is 3.44. The smallest absolute Gasteiger partial charge is 0.341 e. The second-order valence-electron chi connectivity index (χ2n) is 4.99. The minimum Gasteiger partial charge on any atom is -0.462 e. The van der Waals surface area contributed by atoms with Gasteiger partial charge in [0.15, 0.2) is 0 Å². The summed E-state index contributed by atoms with van der Waals surface area (Å²) >= 11 is 1.22. The molecule has 1 aromatic carbocycles. The van der Waals surface area contributed by atoms with Gasteiger partial charge in [0, 0.05) is 10.9 Å². The van der Waals surface area contributed by atoms with Gasteiger partial charge in [0.2, 0.25) is 0 Å². The summed E-state index contributed by atoms with van der Waals surface area (Å²) < 4.78 is 31.8. The highest BCUT2D eigenvalue weighted by atomic mass is 32.1. The summed E-state index contributed by atoms with van der Waals surface area (Å²) in [5.74, 6) is -3.01. The molecule has 2 rings (SSSR count). The van der Waals surface area contributed by atoms with Crippen molar-refractivity contribution in [2.75, 3.05) is 11.9 Å². The molecule has 0 radical (unpaired) electrons. The van der Waals surface area contributed by atoms with Crippen LogP contribution >= 0.6 is 11.3 Å². The number of carbonyl (C=O) groups excluding carboxylic acids is 2. The van der Waals surface area contributed by atoms with E-state index in [0.717, 1.165) is 22.6 Å². The molecule has 2 aromatic rings. The summed E-state index contributed by atoms with van der Waals surface area (Å²) in [6, 6.07) is 2.70. The lowest BCUT2D eigenvalue weighted by Crippen LogP contribution is -2.16. The van der Waals surface area contributed by atoms with Crippen LogP contribution in [-0.2, 0) is 11.2 Å². The molecular weight excluding hydrogens is 336 g/mol. The Morgan fingerprint density at radius 2 is 1.96 bits per heavy atom. The molecule has 0 aliphatic carbocycles. The van der Waals surface area contributed by atoms with Crippen molar-refractivity contribution in [2.24, 2.45) is 0 Å². The van der Waals surface area contributed by atoms with Crippen LogP contribution in [0.4, 0.5) is 13.8 Å². The average molecular weight is 353 g/mol. The number of hydrogen-bond donors (Lipinski definition) is 1. The molecule has 7 heteroatoms. The zero-order valence-corrected chi connectivity index (χ0v) is 14.4. The fraction of sp³-hybridized carbons (Fsp3) is 0.294. The first kappa shape index (κ1) is 18.1. The minimum atomic E-state index is -0.964. The highest BCUT2D eigenvalue weighted by Crippen LogP contribution is 2.34. The predicted octanol–water partition coefficient (Wildman–Crippen LogP) is 4.33. The van der Waals surface area contributed by atoms with E-state index in [0.29, 0.717) is 17.5 Å². The van der Waals surface area contributed by atoms with Crippen LogP contribution in [0.25, 0.3) is 0 Å². The number of hydrogen-bond acceptors (Lipinski definition) is 4. The molecule has 1 heterocycles. The topological polar surface area (TPSA) is 55.4 Å². The molecule has 1 amide bonds. The zero-order chi connectivity index (χ0) is 17.9. The Kier molecular flexibility index (Phi) is 5.66. The number of nitrogens with one attached hydrogen (secondary N) is 1. The maximum atomic E-state index is 13.7. The normalized spacial score (nSPS) is 10.5.